The first-order valence-corrected chi connectivity index (χ1v) is 7.15. The molecule has 0 aliphatic carbocycles. The van der Waals surface area contributed by atoms with Gasteiger partial charge in [0.05, 0.1) is 5.52 Å². The Hall–Kier alpha value is -2.10. The summed E-state index contributed by atoms with van der Waals surface area (Å²) in [6.45, 7) is 3.45. The van der Waals surface area contributed by atoms with Crippen LogP contribution in [0.2, 0.25) is 0 Å². The van der Waals surface area contributed by atoms with Crippen molar-refractivity contribution in [1.82, 2.24) is 9.88 Å². The van der Waals surface area contributed by atoms with Gasteiger partial charge >= 0.3 is 0 Å². The molecule has 2 aromatic rings. The number of carbonyl (C=O) groups is 1. The molecule has 2 heterocycles. The van der Waals surface area contributed by atoms with Crippen LogP contribution >= 0.6 is 0 Å². The largest absolute Gasteiger partial charge is 0.352 e. The molecule has 0 unspecified atom stereocenters. The van der Waals surface area contributed by atoms with Crippen molar-refractivity contribution in [2.45, 2.75) is 32.7 Å². The molecule has 1 amide bonds. The Kier molecular flexibility index (Phi) is 3.30. The molecule has 0 spiro atoms. The molecule has 0 atom stereocenters. The van der Waals surface area contributed by atoms with Gasteiger partial charge in [-0.15, -0.1) is 0 Å². The number of pyridine rings is 1. The van der Waals surface area contributed by atoms with Crippen LogP contribution in [0.4, 0.5) is 0 Å². The second kappa shape index (κ2) is 5.12. The van der Waals surface area contributed by atoms with Gasteiger partial charge in [-0.05, 0) is 30.9 Å². The molecule has 104 valence electrons. The number of nitrogens with zero attached hydrogens (tertiary/aromatic N) is 1. The van der Waals surface area contributed by atoms with Crippen LogP contribution in [-0.4, -0.2) is 17.0 Å². The van der Waals surface area contributed by atoms with E-state index < -0.39 is 0 Å². The summed E-state index contributed by atoms with van der Waals surface area (Å²) in [5.41, 5.74) is 2.29. The molecule has 0 radical (unpaired) electrons. The Morgan fingerprint density at radius 2 is 2.25 bits per heavy atom. The van der Waals surface area contributed by atoms with Crippen LogP contribution in [0.15, 0.2) is 29.2 Å². The second-order valence-electron chi connectivity index (χ2n) is 5.24. The zero-order valence-electron chi connectivity index (χ0n) is 11.6. The fourth-order valence-electron chi connectivity index (χ4n) is 2.85. The SMILES string of the molecule is CCCNC(=O)c1cn2c3c(cccc3c1=O)CCC2. The van der Waals surface area contributed by atoms with Gasteiger partial charge in [-0.25, -0.2) is 0 Å². The summed E-state index contributed by atoms with van der Waals surface area (Å²) in [5, 5.41) is 3.44. The summed E-state index contributed by atoms with van der Waals surface area (Å²) in [6.07, 6.45) is 4.62. The van der Waals surface area contributed by atoms with Gasteiger partial charge in [0.2, 0.25) is 5.43 Å². The average Bonchev–Trinajstić information content (AvgIpc) is 2.48. The molecule has 0 bridgehead atoms. The van der Waals surface area contributed by atoms with Gasteiger partial charge < -0.3 is 9.88 Å². The minimum absolute atomic E-state index is 0.159. The summed E-state index contributed by atoms with van der Waals surface area (Å²) in [5.74, 6) is -0.265. The lowest BCUT2D eigenvalue weighted by molar-refractivity contribution is 0.0952. The predicted molar refractivity (Wildman–Crippen MR) is 79.2 cm³/mol. The molecule has 1 aromatic carbocycles. The number of hydrogen-bond donors (Lipinski definition) is 1. The quantitative estimate of drug-likeness (QED) is 0.928. The van der Waals surface area contributed by atoms with Crippen molar-refractivity contribution in [2.24, 2.45) is 0 Å². The standard InChI is InChI=1S/C16H18N2O2/c1-2-8-17-16(20)13-10-18-9-4-6-11-5-3-7-12(14(11)18)15(13)19/h3,5,7,10H,2,4,6,8-9H2,1H3,(H,17,20). The lowest BCUT2D eigenvalue weighted by Crippen LogP contribution is -2.31. The van der Waals surface area contributed by atoms with Crippen LogP contribution in [0.5, 0.6) is 0 Å². The number of amides is 1. The monoisotopic (exact) mass is 270 g/mol. The summed E-state index contributed by atoms with van der Waals surface area (Å²) < 4.78 is 2.05. The molecule has 1 aliphatic rings. The van der Waals surface area contributed by atoms with Gasteiger partial charge in [-0.3, -0.25) is 9.59 Å². The van der Waals surface area contributed by atoms with Crippen molar-refractivity contribution in [1.29, 1.82) is 0 Å². The van der Waals surface area contributed by atoms with Crippen LogP contribution < -0.4 is 10.7 Å². The van der Waals surface area contributed by atoms with Crippen LogP contribution in [0, 0.1) is 0 Å². The van der Waals surface area contributed by atoms with E-state index in [0.29, 0.717) is 11.9 Å². The zero-order chi connectivity index (χ0) is 14.1. The number of para-hydroxylation sites is 1. The molecular formula is C16H18N2O2. The van der Waals surface area contributed by atoms with Crippen molar-refractivity contribution < 1.29 is 4.79 Å². The highest BCUT2D eigenvalue weighted by Gasteiger charge is 2.18. The van der Waals surface area contributed by atoms with E-state index in [1.54, 1.807) is 6.20 Å². The molecule has 20 heavy (non-hydrogen) atoms. The third kappa shape index (κ3) is 2.01. The molecule has 4 heteroatoms. The fourth-order valence-corrected chi connectivity index (χ4v) is 2.85. The van der Waals surface area contributed by atoms with Gasteiger partial charge in [0.25, 0.3) is 5.91 Å². The summed E-state index contributed by atoms with van der Waals surface area (Å²) in [4.78, 5) is 24.6. The molecule has 4 nitrogen and oxygen atoms in total. The van der Waals surface area contributed by atoms with E-state index in [1.165, 1.54) is 5.56 Å². The van der Waals surface area contributed by atoms with Crippen LogP contribution in [0.3, 0.4) is 0 Å². The van der Waals surface area contributed by atoms with Crippen molar-refractivity contribution in [2.75, 3.05) is 6.54 Å². The number of carbonyl (C=O) groups excluding carboxylic acids is 1. The first-order chi connectivity index (χ1) is 9.72. The first-order valence-electron chi connectivity index (χ1n) is 7.15. The Balaban J connectivity index is 2.19. The van der Waals surface area contributed by atoms with Gasteiger partial charge in [0.15, 0.2) is 0 Å². The van der Waals surface area contributed by atoms with E-state index >= 15 is 0 Å². The predicted octanol–water partition coefficient (Wildman–Crippen LogP) is 2.09. The smallest absolute Gasteiger partial charge is 0.256 e. The maximum absolute atomic E-state index is 12.5. The van der Waals surface area contributed by atoms with E-state index in [-0.39, 0.29) is 16.9 Å². The Morgan fingerprint density at radius 1 is 1.40 bits per heavy atom. The molecule has 1 aliphatic heterocycles. The van der Waals surface area contributed by atoms with Crippen LogP contribution in [-0.2, 0) is 13.0 Å². The third-order valence-corrected chi connectivity index (χ3v) is 3.81. The highest BCUT2D eigenvalue weighted by Crippen LogP contribution is 2.23. The van der Waals surface area contributed by atoms with Crippen molar-refractivity contribution in [3.05, 3.63) is 45.7 Å². The molecule has 3 rings (SSSR count). The van der Waals surface area contributed by atoms with Gasteiger partial charge in [0, 0.05) is 24.7 Å². The van der Waals surface area contributed by atoms with E-state index in [1.807, 2.05) is 19.1 Å². The molecule has 0 fully saturated rings. The minimum atomic E-state index is -0.265. The van der Waals surface area contributed by atoms with Gasteiger partial charge in [0.1, 0.15) is 5.56 Å². The molecule has 1 aromatic heterocycles. The molecule has 1 N–H and O–H groups in total. The molecule has 0 saturated carbocycles. The van der Waals surface area contributed by atoms with Crippen molar-refractivity contribution in [3.63, 3.8) is 0 Å². The first kappa shape index (κ1) is 12.9. The number of nitrogens with one attached hydrogen (secondary N) is 1. The fraction of sp³-hybridized carbons (Fsp3) is 0.375. The maximum Gasteiger partial charge on any atom is 0.256 e. The summed E-state index contributed by atoms with van der Waals surface area (Å²) in [7, 11) is 0. The Morgan fingerprint density at radius 3 is 3.05 bits per heavy atom. The van der Waals surface area contributed by atoms with Gasteiger partial charge in [-0.1, -0.05) is 19.1 Å². The Bertz CT molecular complexity index is 731. The minimum Gasteiger partial charge on any atom is -0.352 e. The summed E-state index contributed by atoms with van der Waals surface area (Å²) in [6, 6.07) is 5.79. The molecule has 0 saturated heterocycles. The lowest BCUT2D eigenvalue weighted by atomic mass is 10.00. The zero-order valence-corrected chi connectivity index (χ0v) is 11.6. The number of benzene rings is 1. The van der Waals surface area contributed by atoms with E-state index in [9.17, 15) is 9.59 Å². The van der Waals surface area contributed by atoms with Crippen LogP contribution in [0.25, 0.3) is 10.9 Å². The number of aromatic nitrogens is 1. The highest BCUT2D eigenvalue weighted by molar-refractivity contribution is 5.97. The summed E-state index contributed by atoms with van der Waals surface area (Å²) >= 11 is 0. The van der Waals surface area contributed by atoms with Gasteiger partial charge in [-0.2, -0.15) is 0 Å². The topological polar surface area (TPSA) is 51.1 Å². The third-order valence-electron chi connectivity index (χ3n) is 3.81. The number of rotatable bonds is 3. The Labute approximate surface area is 117 Å². The van der Waals surface area contributed by atoms with E-state index in [2.05, 4.69) is 16.0 Å². The van der Waals surface area contributed by atoms with Crippen molar-refractivity contribution >= 4 is 16.8 Å². The normalized spacial score (nSPS) is 13.4. The molecular weight excluding hydrogens is 252 g/mol. The highest BCUT2D eigenvalue weighted by atomic mass is 16.2. The number of aryl methyl sites for hydroxylation is 2. The van der Waals surface area contributed by atoms with Crippen molar-refractivity contribution in [3.8, 4) is 0 Å². The lowest BCUT2D eigenvalue weighted by Gasteiger charge is -2.20. The number of hydrogen-bond acceptors (Lipinski definition) is 2. The average molecular weight is 270 g/mol. The van der Waals surface area contributed by atoms with E-state index in [0.717, 1.165) is 31.3 Å². The maximum atomic E-state index is 12.5. The second-order valence-corrected chi connectivity index (χ2v) is 5.24. The van der Waals surface area contributed by atoms with Crippen LogP contribution in [0.1, 0.15) is 35.7 Å². The van der Waals surface area contributed by atoms with E-state index in [4.69, 9.17) is 0 Å².